The molecule has 232 valence electrons. The number of carboxylic acids is 1. The Balaban J connectivity index is 1.09. The molecule has 1 saturated carbocycles. The average molecular weight is 640 g/mol. The van der Waals surface area contributed by atoms with Gasteiger partial charge in [0.05, 0.1) is 34.9 Å². The third-order valence-electron chi connectivity index (χ3n) is 8.00. The summed E-state index contributed by atoms with van der Waals surface area (Å²) < 4.78 is 70.4. The molecule has 0 amide bonds. The molecular weight excluding hydrogens is 614 g/mol. The van der Waals surface area contributed by atoms with E-state index in [9.17, 15) is 18.7 Å². The number of carboxylic acid groups (broad SMARTS) is 1. The van der Waals surface area contributed by atoms with Crippen LogP contribution in [-0.2, 0) is 24.3 Å². The summed E-state index contributed by atoms with van der Waals surface area (Å²) in [6.07, 6.45) is 0.233. The number of nitrogens with zero attached hydrogens (tertiary/aromatic N) is 5. The maximum Gasteiger partial charge on any atom is 0.335 e. The second-order valence-electron chi connectivity index (χ2n) is 11.2. The van der Waals surface area contributed by atoms with Gasteiger partial charge >= 0.3 is 5.97 Å². The normalized spacial score (nSPS) is 17.6. The van der Waals surface area contributed by atoms with Crippen LogP contribution in [0.4, 0.5) is 17.6 Å². The van der Waals surface area contributed by atoms with E-state index in [0.29, 0.717) is 40.0 Å². The van der Waals surface area contributed by atoms with Gasteiger partial charge in [0, 0.05) is 43.4 Å². The molecule has 14 heteroatoms. The molecule has 0 unspecified atom stereocenters. The molecule has 3 aromatic heterocycles. The Labute approximate surface area is 257 Å². The van der Waals surface area contributed by atoms with E-state index in [1.54, 1.807) is 18.2 Å². The molecule has 0 spiro atoms. The number of halogens is 4. The molecule has 1 saturated heterocycles. The van der Waals surface area contributed by atoms with Gasteiger partial charge in [-0.15, -0.1) is 10.2 Å². The van der Waals surface area contributed by atoms with Gasteiger partial charge in [-0.1, -0.05) is 17.4 Å². The van der Waals surface area contributed by atoms with E-state index >= 15 is 8.78 Å². The molecule has 0 radical (unpaired) electrons. The molecule has 2 fully saturated rings. The minimum Gasteiger partial charge on any atom is -0.478 e. The molecule has 0 bridgehead atoms. The van der Waals surface area contributed by atoms with Gasteiger partial charge in [0.2, 0.25) is 11.8 Å². The first-order chi connectivity index (χ1) is 21.6. The Hall–Kier alpha value is -4.43. The van der Waals surface area contributed by atoms with Crippen LogP contribution in [0.2, 0.25) is 0 Å². The van der Waals surface area contributed by atoms with Gasteiger partial charge in [0.25, 0.3) is 0 Å². The fraction of sp³-hybridized carbons (Fsp3) is 0.323. The van der Waals surface area contributed by atoms with Crippen LogP contribution in [0.25, 0.3) is 22.3 Å². The fourth-order valence-corrected chi connectivity index (χ4v) is 6.33. The number of hydrogen-bond acceptors (Lipinski definition) is 8. The largest absolute Gasteiger partial charge is 0.478 e. The summed E-state index contributed by atoms with van der Waals surface area (Å²) in [6, 6.07) is 11.4. The molecular formula is C31H25F4N5O4S. The lowest BCUT2D eigenvalue weighted by Crippen LogP contribution is -2.33. The average Bonchev–Trinajstić information content (AvgIpc) is 3.58. The van der Waals surface area contributed by atoms with Crippen molar-refractivity contribution < 1.29 is 36.9 Å². The first-order valence-electron chi connectivity index (χ1n) is 14.2. The Bertz CT molecular complexity index is 1920. The van der Waals surface area contributed by atoms with Gasteiger partial charge in [-0.05, 0) is 48.4 Å². The Morgan fingerprint density at radius 1 is 1.09 bits per heavy atom. The molecule has 7 rings (SSSR count). The minimum absolute atomic E-state index is 0.00608. The monoisotopic (exact) mass is 639 g/mol. The van der Waals surface area contributed by atoms with Crippen molar-refractivity contribution >= 4 is 28.3 Å². The number of pyridine rings is 1. The number of ether oxygens (including phenoxy) is 2. The Morgan fingerprint density at radius 2 is 1.91 bits per heavy atom. The number of carbonyl (C=O) groups is 1. The first-order valence-corrected chi connectivity index (χ1v) is 15.1. The molecule has 1 aliphatic carbocycles. The van der Waals surface area contributed by atoms with E-state index in [1.165, 1.54) is 29.5 Å². The predicted molar refractivity (Wildman–Crippen MR) is 155 cm³/mol. The molecule has 5 aromatic rings. The number of hydrogen-bond donors (Lipinski definition) is 1. The third kappa shape index (κ3) is 5.99. The van der Waals surface area contributed by atoms with Crippen LogP contribution in [0.1, 0.15) is 56.9 Å². The lowest BCUT2D eigenvalue weighted by atomic mass is 9.82. The second-order valence-corrected chi connectivity index (χ2v) is 12.3. The number of imidazole rings is 1. The van der Waals surface area contributed by atoms with Gasteiger partial charge in [-0.3, -0.25) is 0 Å². The molecule has 2 aromatic carbocycles. The molecule has 1 N–H and O–H groups in total. The quantitative estimate of drug-likeness (QED) is 0.175. The molecule has 4 heterocycles. The molecule has 45 heavy (non-hydrogen) atoms. The van der Waals surface area contributed by atoms with E-state index in [4.69, 9.17) is 9.47 Å². The third-order valence-corrected chi connectivity index (χ3v) is 9.06. The van der Waals surface area contributed by atoms with Crippen LogP contribution in [0.5, 0.6) is 5.88 Å². The summed E-state index contributed by atoms with van der Waals surface area (Å²) in [4.78, 5) is 20.5. The lowest BCUT2D eigenvalue weighted by molar-refractivity contribution is -0.0868. The van der Waals surface area contributed by atoms with E-state index in [1.807, 2.05) is 4.57 Å². The van der Waals surface area contributed by atoms with E-state index in [-0.39, 0.29) is 66.2 Å². The van der Waals surface area contributed by atoms with Crippen molar-refractivity contribution in [2.24, 2.45) is 0 Å². The van der Waals surface area contributed by atoms with Crippen LogP contribution >= 0.6 is 11.3 Å². The molecule has 1 aliphatic heterocycles. The number of benzene rings is 2. The van der Waals surface area contributed by atoms with Gasteiger partial charge < -0.3 is 19.1 Å². The Morgan fingerprint density at radius 3 is 2.64 bits per heavy atom. The molecule has 1 atom stereocenters. The van der Waals surface area contributed by atoms with Gasteiger partial charge in [0.15, 0.2) is 5.01 Å². The molecule has 9 nitrogen and oxygen atoms in total. The van der Waals surface area contributed by atoms with Crippen LogP contribution in [0, 0.1) is 11.6 Å². The summed E-state index contributed by atoms with van der Waals surface area (Å²) in [7, 11) is 0. The summed E-state index contributed by atoms with van der Waals surface area (Å²) in [5.74, 6) is -4.79. The van der Waals surface area contributed by atoms with Crippen LogP contribution in [0.15, 0.2) is 48.5 Å². The lowest BCUT2D eigenvalue weighted by Gasteiger charge is -2.32. The van der Waals surface area contributed by atoms with Crippen molar-refractivity contribution in [3.63, 3.8) is 0 Å². The van der Waals surface area contributed by atoms with Crippen molar-refractivity contribution in [2.75, 3.05) is 6.61 Å². The fourth-order valence-electron chi connectivity index (χ4n) is 5.47. The standard InChI is InChI=1S/C31H25F4N5O4S/c32-21-11-20(23-2-1-3-27(37-23)44-15-28-38-39-29(45-28)18-12-31(34,35)13-18)22(33)8-17(21)10-26-36-24-5-4-16(30(41)42)9-25(24)40(26)14-19-6-7-43-19/h1-5,8-9,11,18-19H,6-7,10,12-15H2,(H,41,42)/t19-/m0/s1. The Kier molecular flexibility index (Phi) is 7.48. The second kappa shape index (κ2) is 11.5. The van der Waals surface area contributed by atoms with Crippen molar-refractivity contribution in [1.29, 1.82) is 0 Å². The zero-order valence-electron chi connectivity index (χ0n) is 23.6. The van der Waals surface area contributed by atoms with Crippen molar-refractivity contribution in [3.8, 4) is 17.1 Å². The van der Waals surface area contributed by atoms with Crippen LogP contribution in [-0.4, -0.2) is 54.4 Å². The number of aromatic carboxylic acids is 1. The van der Waals surface area contributed by atoms with Crippen molar-refractivity contribution in [2.45, 2.75) is 56.8 Å². The highest BCUT2D eigenvalue weighted by molar-refractivity contribution is 7.11. The van der Waals surface area contributed by atoms with Gasteiger partial charge in [0.1, 0.15) is 29.1 Å². The molecule has 2 aliphatic rings. The maximum absolute atomic E-state index is 15.5. The highest BCUT2D eigenvalue weighted by Crippen LogP contribution is 2.48. The highest BCUT2D eigenvalue weighted by Gasteiger charge is 2.47. The van der Waals surface area contributed by atoms with Crippen molar-refractivity contribution in [3.05, 3.63) is 87.1 Å². The smallest absolute Gasteiger partial charge is 0.335 e. The van der Waals surface area contributed by atoms with Crippen LogP contribution in [0.3, 0.4) is 0 Å². The summed E-state index contributed by atoms with van der Waals surface area (Å²) in [5.41, 5.74) is 1.38. The van der Waals surface area contributed by atoms with Gasteiger partial charge in [-0.2, -0.15) is 0 Å². The van der Waals surface area contributed by atoms with E-state index in [0.717, 1.165) is 18.6 Å². The number of rotatable bonds is 10. The van der Waals surface area contributed by atoms with E-state index in [2.05, 4.69) is 20.2 Å². The predicted octanol–water partition coefficient (Wildman–Crippen LogP) is 6.40. The zero-order chi connectivity index (χ0) is 31.3. The summed E-state index contributed by atoms with van der Waals surface area (Å²) in [5, 5.41) is 18.5. The minimum atomic E-state index is -2.65. The summed E-state index contributed by atoms with van der Waals surface area (Å²) >= 11 is 1.20. The first kappa shape index (κ1) is 29.3. The summed E-state index contributed by atoms with van der Waals surface area (Å²) in [6.45, 7) is 1.03. The number of aromatic nitrogens is 5. The maximum atomic E-state index is 15.5. The van der Waals surface area contributed by atoms with E-state index < -0.39 is 23.5 Å². The van der Waals surface area contributed by atoms with Crippen LogP contribution < -0.4 is 4.74 Å². The highest BCUT2D eigenvalue weighted by atomic mass is 32.1. The number of fused-ring (bicyclic) bond motifs is 1. The van der Waals surface area contributed by atoms with Crippen molar-refractivity contribution in [1.82, 2.24) is 24.7 Å². The van der Waals surface area contributed by atoms with Gasteiger partial charge in [-0.25, -0.2) is 32.3 Å². The topological polar surface area (TPSA) is 112 Å². The SMILES string of the molecule is O=C(O)c1ccc2nc(Cc3cc(F)c(-c4cccc(OCc5nnc(C6CC(F)(F)C6)s5)n4)cc3F)n(C[C@@H]3CCO3)c2c1. The zero-order valence-corrected chi connectivity index (χ0v) is 24.4. The number of alkyl halides is 2.